The Morgan fingerprint density at radius 1 is 1.06 bits per heavy atom. The van der Waals surface area contributed by atoms with Gasteiger partial charge in [-0.05, 0) is 82.4 Å². The summed E-state index contributed by atoms with van der Waals surface area (Å²) in [6.45, 7) is 15.2. The van der Waals surface area contributed by atoms with Gasteiger partial charge in [-0.25, -0.2) is 4.68 Å². The Morgan fingerprint density at radius 3 is 2.34 bits per heavy atom. The minimum atomic E-state index is -0.185. The van der Waals surface area contributed by atoms with E-state index in [2.05, 4.69) is 100 Å². The van der Waals surface area contributed by atoms with Gasteiger partial charge in [-0.15, -0.1) is 0 Å². The Bertz CT molecular complexity index is 1200. The number of nitrogens with zero attached hydrogens (tertiary/aromatic N) is 2. The number of ketones is 1. The zero-order chi connectivity index (χ0) is 25.4. The maximum Gasteiger partial charge on any atom is 0.168 e. The van der Waals surface area contributed by atoms with Gasteiger partial charge in [-0.3, -0.25) is 4.79 Å². The van der Waals surface area contributed by atoms with Crippen LogP contribution in [0.2, 0.25) is 0 Å². The van der Waals surface area contributed by atoms with E-state index in [0.29, 0.717) is 6.42 Å². The SMILES string of the molecule is CCC(CC)(CCC(=O)c1c(C)nn2c1N[C@H](c1ccccc1C)CC2(C)C)c1ccc(C)cc1. The lowest BCUT2D eigenvalue weighted by Crippen LogP contribution is -2.38. The number of fused-ring (bicyclic) bond motifs is 1. The number of carbonyl (C=O) groups is 1. The number of nitrogens with one attached hydrogen (secondary N) is 1. The topological polar surface area (TPSA) is 46.9 Å². The molecule has 1 aliphatic heterocycles. The molecule has 4 heteroatoms. The molecular formula is C31H41N3O. The van der Waals surface area contributed by atoms with Crippen LogP contribution in [0.4, 0.5) is 5.82 Å². The molecule has 0 bridgehead atoms. The Hall–Kier alpha value is -2.88. The zero-order valence-electron chi connectivity index (χ0n) is 22.5. The molecule has 1 aliphatic rings. The molecule has 0 amide bonds. The van der Waals surface area contributed by atoms with Crippen molar-refractivity contribution in [3.05, 3.63) is 82.0 Å². The lowest BCUT2D eigenvalue weighted by atomic mass is 9.72. The average molecular weight is 472 g/mol. The molecule has 3 aromatic rings. The maximum atomic E-state index is 13.8. The van der Waals surface area contributed by atoms with E-state index in [9.17, 15) is 4.79 Å². The van der Waals surface area contributed by atoms with E-state index in [4.69, 9.17) is 5.10 Å². The van der Waals surface area contributed by atoms with Gasteiger partial charge >= 0.3 is 0 Å². The second kappa shape index (κ2) is 9.64. The fraction of sp³-hybridized carbons (Fsp3) is 0.484. The quantitative estimate of drug-likeness (QED) is 0.341. The first-order chi connectivity index (χ1) is 16.6. The van der Waals surface area contributed by atoms with E-state index in [1.807, 2.05) is 6.92 Å². The van der Waals surface area contributed by atoms with E-state index in [0.717, 1.165) is 42.8 Å². The lowest BCUT2D eigenvalue weighted by Gasteiger charge is -2.39. The van der Waals surface area contributed by atoms with Gasteiger partial charge in [0.15, 0.2) is 5.78 Å². The summed E-state index contributed by atoms with van der Waals surface area (Å²) in [4.78, 5) is 13.8. The molecule has 186 valence electrons. The van der Waals surface area contributed by atoms with Gasteiger partial charge in [0.2, 0.25) is 0 Å². The largest absolute Gasteiger partial charge is 0.363 e. The first kappa shape index (κ1) is 25.2. The van der Waals surface area contributed by atoms with Crippen LogP contribution in [-0.2, 0) is 11.0 Å². The van der Waals surface area contributed by atoms with Crippen molar-refractivity contribution in [3.8, 4) is 0 Å². The average Bonchev–Trinajstić information content (AvgIpc) is 3.17. The maximum absolute atomic E-state index is 13.8. The van der Waals surface area contributed by atoms with E-state index < -0.39 is 0 Å². The number of hydrogen-bond donors (Lipinski definition) is 1. The summed E-state index contributed by atoms with van der Waals surface area (Å²) in [6.07, 6.45) is 4.32. The van der Waals surface area contributed by atoms with Crippen LogP contribution in [0.3, 0.4) is 0 Å². The molecule has 1 aromatic heterocycles. The van der Waals surface area contributed by atoms with Crippen LogP contribution >= 0.6 is 0 Å². The molecule has 35 heavy (non-hydrogen) atoms. The lowest BCUT2D eigenvalue weighted by molar-refractivity contribution is 0.0968. The molecule has 1 N–H and O–H groups in total. The molecule has 0 aliphatic carbocycles. The van der Waals surface area contributed by atoms with Crippen molar-refractivity contribution in [3.63, 3.8) is 0 Å². The summed E-state index contributed by atoms with van der Waals surface area (Å²) < 4.78 is 2.05. The monoisotopic (exact) mass is 471 g/mol. The van der Waals surface area contributed by atoms with Gasteiger partial charge in [-0.1, -0.05) is 67.9 Å². The molecule has 0 saturated carbocycles. The van der Waals surface area contributed by atoms with Crippen LogP contribution in [0, 0.1) is 20.8 Å². The number of rotatable bonds is 8. The Balaban J connectivity index is 1.64. The first-order valence-corrected chi connectivity index (χ1v) is 13.1. The van der Waals surface area contributed by atoms with Gasteiger partial charge < -0.3 is 5.32 Å². The van der Waals surface area contributed by atoms with Crippen molar-refractivity contribution >= 4 is 11.6 Å². The number of Topliss-reactive ketones (excluding diaryl/α,β-unsaturated/α-hetero) is 1. The molecule has 0 radical (unpaired) electrons. The molecule has 2 heterocycles. The standard InChI is InChI=1S/C31H41N3O/c1-8-31(9-2,24-16-14-21(3)15-17-24)19-18-27(35)28-23(5)33-34-29(28)32-26(20-30(34,6)7)25-13-11-10-12-22(25)4/h10-17,26,32H,8-9,18-20H2,1-7H3/t26-/m0/s1. The van der Waals surface area contributed by atoms with E-state index in [1.54, 1.807) is 0 Å². The molecule has 4 rings (SSSR count). The fourth-order valence-electron chi connectivity index (χ4n) is 5.94. The summed E-state index contributed by atoms with van der Waals surface area (Å²) in [5.41, 5.74) is 6.59. The normalized spacial score (nSPS) is 17.1. The highest BCUT2D eigenvalue weighted by molar-refractivity contribution is 6.02. The van der Waals surface area contributed by atoms with Crippen molar-refractivity contribution < 1.29 is 4.79 Å². The summed E-state index contributed by atoms with van der Waals surface area (Å²) in [5.74, 6) is 1.07. The summed E-state index contributed by atoms with van der Waals surface area (Å²) in [5, 5.41) is 8.58. The van der Waals surface area contributed by atoms with Crippen molar-refractivity contribution in [2.24, 2.45) is 0 Å². The van der Waals surface area contributed by atoms with Crippen LogP contribution in [-0.4, -0.2) is 15.6 Å². The van der Waals surface area contributed by atoms with E-state index in [-0.39, 0.29) is 22.8 Å². The van der Waals surface area contributed by atoms with Crippen LogP contribution in [0.25, 0.3) is 0 Å². The smallest absolute Gasteiger partial charge is 0.168 e. The number of aryl methyl sites for hydroxylation is 3. The Morgan fingerprint density at radius 2 is 1.71 bits per heavy atom. The van der Waals surface area contributed by atoms with E-state index >= 15 is 0 Å². The minimum absolute atomic E-state index is 0.0148. The van der Waals surface area contributed by atoms with Crippen LogP contribution < -0.4 is 5.32 Å². The third-order valence-electron chi connectivity index (χ3n) is 8.34. The first-order valence-electron chi connectivity index (χ1n) is 13.1. The summed E-state index contributed by atoms with van der Waals surface area (Å²) >= 11 is 0. The second-order valence-corrected chi connectivity index (χ2v) is 11.1. The van der Waals surface area contributed by atoms with Crippen molar-refractivity contribution in [2.75, 3.05) is 5.32 Å². The molecule has 4 nitrogen and oxygen atoms in total. The van der Waals surface area contributed by atoms with Crippen LogP contribution in [0.5, 0.6) is 0 Å². The van der Waals surface area contributed by atoms with E-state index in [1.165, 1.54) is 22.3 Å². The van der Waals surface area contributed by atoms with Crippen molar-refractivity contribution in [1.29, 1.82) is 0 Å². The van der Waals surface area contributed by atoms with Crippen LogP contribution in [0.15, 0.2) is 48.5 Å². The molecule has 1 atom stereocenters. The number of aromatic nitrogens is 2. The molecular weight excluding hydrogens is 430 g/mol. The van der Waals surface area contributed by atoms with Gasteiger partial charge in [0.1, 0.15) is 5.82 Å². The zero-order valence-corrected chi connectivity index (χ0v) is 22.5. The van der Waals surface area contributed by atoms with Crippen molar-refractivity contribution in [1.82, 2.24) is 9.78 Å². The Kier molecular flexibility index (Phi) is 6.95. The van der Waals surface area contributed by atoms with Crippen LogP contribution in [0.1, 0.15) is 104 Å². The molecule has 0 saturated heterocycles. The molecule has 2 aromatic carbocycles. The third-order valence-corrected chi connectivity index (χ3v) is 8.34. The third kappa shape index (κ3) is 4.68. The number of benzene rings is 2. The fourth-order valence-corrected chi connectivity index (χ4v) is 5.94. The number of hydrogen-bond acceptors (Lipinski definition) is 3. The second-order valence-electron chi connectivity index (χ2n) is 11.1. The highest BCUT2D eigenvalue weighted by Gasteiger charge is 2.38. The predicted molar refractivity (Wildman–Crippen MR) is 145 cm³/mol. The minimum Gasteiger partial charge on any atom is -0.363 e. The molecule has 0 unspecified atom stereocenters. The van der Waals surface area contributed by atoms with Gasteiger partial charge in [0.25, 0.3) is 0 Å². The predicted octanol–water partition coefficient (Wildman–Crippen LogP) is 7.82. The summed E-state index contributed by atoms with van der Waals surface area (Å²) in [6, 6.07) is 17.6. The Labute approximate surface area is 211 Å². The van der Waals surface area contributed by atoms with Gasteiger partial charge in [-0.2, -0.15) is 5.10 Å². The summed E-state index contributed by atoms with van der Waals surface area (Å²) in [7, 11) is 0. The number of anilines is 1. The van der Waals surface area contributed by atoms with Gasteiger partial charge in [0.05, 0.1) is 22.8 Å². The molecule has 0 fully saturated rings. The highest BCUT2D eigenvalue weighted by atomic mass is 16.1. The highest BCUT2D eigenvalue weighted by Crippen LogP contribution is 2.43. The number of carbonyl (C=O) groups excluding carboxylic acids is 1. The van der Waals surface area contributed by atoms with Gasteiger partial charge in [0, 0.05) is 6.42 Å². The molecule has 0 spiro atoms. The van der Waals surface area contributed by atoms with Crippen molar-refractivity contribution in [2.45, 2.75) is 97.6 Å².